The minimum Gasteiger partial charge on any atom is -0.359 e. The van der Waals surface area contributed by atoms with Crippen molar-refractivity contribution in [1.82, 2.24) is 5.32 Å². The van der Waals surface area contributed by atoms with Crippen molar-refractivity contribution in [2.24, 2.45) is 0 Å². The van der Waals surface area contributed by atoms with Crippen molar-refractivity contribution < 1.29 is 4.79 Å². The largest absolute Gasteiger partial charge is 0.359 e. The van der Waals surface area contributed by atoms with Crippen molar-refractivity contribution in [3.8, 4) is 0 Å². The standard InChI is InChI=1S/C12H17NOS/c1-13-12(14)9-5-6-10-15-11-7-3-2-4-8-11/h2-4,7-8H,5-6,9-10H2,1H3,(H,13,14). The first-order valence-electron chi connectivity index (χ1n) is 5.21. The van der Waals surface area contributed by atoms with E-state index < -0.39 is 0 Å². The van der Waals surface area contributed by atoms with E-state index in [0.29, 0.717) is 6.42 Å². The number of thioether (sulfide) groups is 1. The Morgan fingerprint density at radius 3 is 2.67 bits per heavy atom. The third-order valence-corrected chi connectivity index (χ3v) is 3.19. The van der Waals surface area contributed by atoms with Crippen molar-refractivity contribution in [2.45, 2.75) is 24.2 Å². The van der Waals surface area contributed by atoms with Gasteiger partial charge in [0.25, 0.3) is 0 Å². The quantitative estimate of drug-likeness (QED) is 0.593. The van der Waals surface area contributed by atoms with Crippen LogP contribution in [0.2, 0.25) is 0 Å². The molecular formula is C12H17NOS. The van der Waals surface area contributed by atoms with Crippen LogP contribution in [-0.4, -0.2) is 18.7 Å². The van der Waals surface area contributed by atoms with Gasteiger partial charge in [-0.2, -0.15) is 0 Å². The summed E-state index contributed by atoms with van der Waals surface area (Å²) in [6.45, 7) is 0. The second kappa shape index (κ2) is 7.35. The normalized spacial score (nSPS) is 9.93. The van der Waals surface area contributed by atoms with E-state index in [4.69, 9.17) is 0 Å². The van der Waals surface area contributed by atoms with Crippen molar-refractivity contribution in [2.75, 3.05) is 12.8 Å². The van der Waals surface area contributed by atoms with Gasteiger partial charge in [-0.1, -0.05) is 18.2 Å². The molecule has 0 spiro atoms. The molecule has 0 saturated carbocycles. The lowest BCUT2D eigenvalue weighted by Crippen LogP contribution is -2.16. The van der Waals surface area contributed by atoms with Gasteiger partial charge in [0, 0.05) is 18.4 Å². The van der Waals surface area contributed by atoms with Crippen LogP contribution in [-0.2, 0) is 4.79 Å². The first-order chi connectivity index (χ1) is 7.33. The Labute approximate surface area is 95.5 Å². The summed E-state index contributed by atoms with van der Waals surface area (Å²) in [4.78, 5) is 12.2. The molecular weight excluding hydrogens is 206 g/mol. The predicted octanol–water partition coefficient (Wildman–Crippen LogP) is 2.70. The molecule has 15 heavy (non-hydrogen) atoms. The number of hydrogen-bond donors (Lipinski definition) is 1. The highest BCUT2D eigenvalue weighted by atomic mass is 32.2. The first-order valence-corrected chi connectivity index (χ1v) is 6.20. The number of amides is 1. The molecule has 0 fully saturated rings. The summed E-state index contributed by atoms with van der Waals surface area (Å²) in [6, 6.07) is 10.3. The van der Waals surface area contributed by atoms with Gasteiger partial charge in [0.15, 0.2) is 0 Å². The molecule has 0 aromatic heterocycles. The van der Waals surface area contributed by atoms with Gasteiger partial charge in [-0.25, -0.2) is 0 Å². The molecule has 3 heteroatoms. The number of rotatable bonds is 6. The maximum Gasteiger partial charge on any atom is 0.219 e. The lowest BCUT2D eigenvalue weighted by Gasteiger charge is -2.01. The zero-order valence-corrected chi connectivity index (χ0v) is 9.85. The summed E-state index contributed by atoms with van der Waals surface area (Å²) in [5.74, 6) is 1.22. The van der Waals surface area contributed by atoms with Gasteiger partial charge in [0.05, 0.1) is 0 Å². The number of unbranched alkanes of at least 4 members (excludes halogenated alkanes) is 1. The first kappa shape index (κ1) is 12.1. The highest BCUT2D eigenvalue weighted by molar-refractivity contribution is 7.99. The van der Waals surface area contributed by atoms with E-state index in [2.05, 4.69) is 17.4 Å². The molecule has 0 atom stereocenters. The maximum absolute atomic E-state index is 10.9. The van der Waals surface area contributed by atoms with Gasteiger partial charge in [-0.05, 0) is 30.7 Å². The molecule has 1 rings (SSSR count). The topological polar surface area (TPSA) is 29.1 Å². The van der Waals surface area contributed by atoms with Gasteiger partial charge in [0.1, 0.15) is 0 Å². The highest BCUT2D eigenvalue weighted by Crippen LogP contribution is 2.18. The molecule has 1 aromatic rings. The minimum absolute atomic E-state index is 0.139. The number of hydrogen-bond acceptors (Lipinski definition) is 2. The zero-order valence-electron chi connectivity index (χ0n) is 9.03. The molecule has 0 radical (unpaired) electrons. The number of benzene rings is 1. The molecule has 0 bridgehead atoms. The molecule has 1 aromatic carbocycles. The van der Waals surface area contributed by atoms with E-state index in [-0.39, 0.29) is 5.91 Å². The van der Waals surface area contributed by atoms with Crippen molar-refractivity contribution in [3.05, 3.63) is 30.3 Å². The molecule has 0 unspecified atom stereocenters. The number of nitrogens with one attached hydrogen (secondary N) is 1. The molecule has 0 aliphatic rings. The third kappa shape index (κ3) is 5.47. The Bertz CT molecular complexity index is 287. The van der Waals surface area contributed by atoms with E-state index in [1.807, 2.05) is 30.0 Å². The van der Waals surface area contributed by atoms with E-state index in [0.717, 1.165) is 18.6 Å². The summed E-state index contributed by atoms with van der Waals surface area (Å²) in [7, 11) is 1.68. The fourth-order valence-electron chi connectivity index (χ4n) is 1.22. The van der Waals surface area contributed by atoms with Crippen LogP contribution in [0.1, 0.15) is 19.3 Å². The summed E-state index contributed by atoms with van der Waals surface area (Å²) < 4.78 is 0. The monoisotopic (exact) mass is 223 g/mol. The Balaban J connectivity index is 2.05. The SMILES string of the molecule is CNC(=O)CCCCSc1ccccc1. The van der Waals surface area contributed by atoms with E-state index in [1.165, 1.54) is 4.90 Å². The van der Waals surface area contributed by atoms with Crippen molar-refractivity contribution in [3.63, 3.8) is 0 Å². The molecule has 1 amide bonds. The average molecular weight is 223 g/mol. The van der Waals surface area contributed by atoms with Gasteiger partial charge in [0.2, 0.25) is 5.91 Å². The van der Waals surface area contributed by atoms with Crippen LogP contribution in [0.3, 0.4) is 0 Å². The van der Waals surface area contributed by atoms with Crippen molar-refractivity contribution >= 4 is 17.7 Å². The van der Waals surface area contributed by atoms with Gasteiger partial charge in [-0.15, -0.1) is 11.8 Å². The van der Waals surface area contributed by atoms with Crippen LogP contribution in [0.4, 0.5) is 0 Å². The van der Waals surface area contributed by atoms with Gasteiger partial charge < -0.3 is 5.32 Å². The predicted molar refractivity (Wildman–Crippen MR) is 65.1 cm³/mol. The summed E-state index contributed by atoms with van der Waals surface area (Å²) in [5, 5.41) is 2.63. The smallest absolute Gasteiger partial charge is 0.219 e. The molecule has 0 aliphatic heterocycles. The molecule has 0 aliphatic carbocycles. The zero-order chi connectivity index (χ0) is 10.9. The summed E-state index contributed by atoms with van der Waals surface area (Å²) >= 11 is 1.85. The number of carbonyl (C=O) groups is 1. The van der Waals surface area contributed by atoms with Crippen LogP contribution >= 0.6 is 11.8 Å². The van der Waals surface area contributed by atoms with Crippen molar-refractivity contribution in [1.29, 1.82) is 0 Å². The van der Waals surface area contributed by atoms with Crippen LogP contribution < -0.4 is 5.32 Å². The lowest BCUT2D eigenvalue weighted by atomic mass is 10.2. The van der Waals surface area contributed by atoms with Crippen LogP contribution in [0, 0.1) is 0 Å². The Hall–Kier alpha value is -0.960. The molecule has 2 nitrogen and oxygen atoms in total. The fraction of sp³-hybridized carbons (Fsp3) is 0.417. The highest BCUT2D eigenvalue weighted by Gasteiger charge is 1.97. The Morgan fingerprint density at radius 2 is 2.00 bits per heavy atom. The lowest BCUT2D eigenvalue weighted by molar-refractivity contribution is -0.120. The van der Waals surface area contributed by atoms with Crippen LogP contribution in [0.15, 0.2) is 35.2 Å². The molecule has 0 heterocycles. The second-order valence-corrected chi connectivity index (χ2v) is 4.46. The molecule has 82 valence electrons. The van der Waals surface area contributed by atoms with E-state index in [9.17, 15) is 4.79 Å². The summed E-state index contributed by atoms with van der Waals surface area (Å²) in [6.07, 6.45) is 2.71. The van der Waals surface area contributed by atoms with Gasteiger partial charge in [-0.3, -0.25) is 4.79 Å². The molecule has 1 N–H and O–H groups in total. The minimum atomic E-state index is 0.139. The molecule has 0 saturated heterocycles. The number of carbonyl (C=O) groups excluding carboxylic acids is 1. The maximum atomic E-state index is 10.9. The summed E-state index contributed by atoms with van der Waals surface area (Å²) in [5.41, 5.74) is 0. The second-order valence-electron chi connectivity index (χ2n) is 3.29. The fourth-order valence-corrected chi connectivity index (χ4v) is 2.15. The Morgan fingerprint density at radius 1 is 1.27 bits per heavy atom. The van der Waals surface area contributed by atoms with Crippen LogP contribution in [0.5, 0.6) is 0 Å². The van der Waals surface area contributed by atoms with E-state index >= 15 is 0 Å². The average Bonchev–Trinajstić information content (AvgIpc) is 2.29. The van der Waals surface area contributed by atoms with Crippen LogP contribution in [0.25, 0.3) is 0 Å². The third-order valence-electron chi connectivity index (χ3n) is 2.09. The Kier molecular flexibility index (Phi) is 5.93. The van der Waals surface area contributed by atoms with Gasteiger partial charge >= 0.3 is 0 Å². The van der Waals surface area contributed by atoms with E-state index in [1.54, 1.807) is 7.05 Å².